The molecule has 0 heterocycles. The van der Waals surface area contributed by atoms with Crippen LogP contribution in [0.4, 0.5) is 0 Å². The number of unbranched alkanes of at least 4 members (excludes halogenated alkanes) is 2. The first-order valence-corrected chi connectivity index (χ1v) is 6.61. The highest BCUT2D eigenvalue weighted by Gasteiger charge is 2.04. The maximum atomic E-state index is 10.3. The van der Waals surface area contributed by atoms with E-state index in [1.165, 1.54) is 11.1 Å². The van der Waals surface area contributed by atoms with E-state index < -0.39 is 5.97 Å². The average Bonchev–Trinajstić information content (AvgIpc) is 2.33. The second-order valence-corrected chi connectivity index (χ2v) is 4.79. The Morgan fingerprint density at radius 1 is 1.33 bits per heavy atom. The van der Waals surface area contributed by atoms with Crippen LogP contribution >= 0.6 is 0 Å². The zero-order valence-electron chi connectivity index (χ0n) is 11.3. The third-order valence-electron chi connectivity index (χ3n) is 3.06. The average molecular weight is 249 g/mol. The van der Waals surface area contributed by atoms with Crippen molar-refractivity contribution in [2.45, 2.75) is 45.6 Å². The van der Waals surface area contributed by atoms with Crippen molar-refractivity contribution in [3.63, 3.8) is 0 Å². The van der Waals surface area contributed by atoms with Crippen LogP contribution in [-0.4, -0.2) is 17.6 Å². The van der Waals surface area contributed by atoms with Crippen molar-refractivity contribution in [1.82, 2.24) is 5.32 Å². The Kier molecular flexibility index (Phi) is 6.44. The smallest absolute Gasteiger partial charge is 0.303 e. The first kappa shape index (κ1) is 14.7. The van der Waals surface area contributed by atoms with Gasteiger partial charge < -0.3 is 10.4 Å². The summed E-state index contributed by atoms with van der Waals surface area (Å²) in [5.74, 6) is -0.698. The monoisotopic (exact) mass is 249 g/mol. The molecule has 0 saturated heterocycles. The third-order valence-corrected chi connectivity index (χ3v) is 3.06. The fraction of sp³-hybridized carbons (Fsp3) is 0.533. The SMILES string of the molecule is Cc1cccc([C@@H](C)NCCCCCC(=O)O)c1. The molecule has 3 nitrogen and oxygen atoms in total. The van der Waals surface area contributed by atoms with Crippen LogP contribution < -0.4 is 5.32 Å². The molecule has 0 bridgehead atoms. The van der Waals surface area contributed by atoms with Crippen LogP contribution in [0.1, 0.15) is 49.8 Å². The lowest BCUT2D eigenvalue weighted by Crippen LogP contribution is -2.19. The highest BCUT2D eigenvalue weighted by Crippen LogP contribution is 2.13. The number of benzene rings is 1. The molecule has 0 aliphatic heterocycles. The zero-order chi connectivity index (χ0) is 13.4. The van der Waals surface area contributed by atoms with Crippen LogP contribution in [-0.2, 0) is 4.79 Å². The lowest BCUT2D eigenvalue weighted by atomic mass is 10.1. The van der Waals surface area contributed by atoms with Gasteiger partial charge >= 0.3 is 5.97 Å². The van der Waals surface area contributed by atoms with Gasteiger partial charge in [0.1, 0.15) is 0 Å². The van der Waals surface area contributed by atoms with E-state index in [-0.39, 0.29) is 6.42 Å². The quantitative estimate of drug-likeness (QED) is 0.695. The minimum atomic E-state index is -0.698. The molecule has 0 amide bonds. The molecule has 0 aliphatic rings. The summed E-state index contributed by atoms with van der Waals surface area (Å²) in [6, 6.07) is 8.86. The van der Waals surface area contributed by atoms with Crippen LogP contribution in [0.25, 0.3) is 0 Å². The van der Waals surface area contributed by atoms with Gasteiger partial charge in [0, 0.05) is 12.5 Å². The number of nitrogens with one attached hydrogen (secondary N) is 1. The van der Waals surface area contributed by atoms with Crippen LogP contribution in [0.5, 0.6) is 0 Å². The number of carbonyl (C=O) groups is 1. The molecule has 100 valence electrons. The van der Waals surface area contributed by atoms with Crippen molar-refractivity contribution in [1.29, 1.82) is 0 Å². The third kappa shape index (κ3) is 5.82. The molecule has 1 aromatic carbocycles. The van der Waals surface area contributed by atoms with Crippen LogP contribution in [0, 0.1) is 6.92 Å². The molecule has 0 radical (unpaired) electrons. The molecule has 0 spiro atoms. The van der Waals surface area contributed by atoms with Gasteiger partial charge in [0.05, 0.1) is 0 Å². The predicted octanol–water partition coefficient (Wildman–Crippen LogP) is 3.29. The molecule has 0 fully saturated rings. The molecule has 18 heavy (non-hydrogen) atoms. The number of aryl methyl sites for hydroxylation is 1. The van der Waals surface area contributed by atoms with Crippen molar-refractivity contribution in [3.05, 3.63) is 35.4 Å². The second kappa shape index (κ2) is 7.88. The van der Waals surface area contributed by atoms with Crippen molar-refractivity contribution in [3.8, 4) is 0 Å². The Morgan fingerprint density at radius 2 is 2.11 bits per heavy atom. The summed E-state index contributed by atoms with van der Waals surface area (Å²) < 4.78 is 0. The van der Waals surface area contributed by atoms with Crippen molar-refractivity contribution in [2.75, 3.05) is 6.54 Å². The molecule has 0 saturated carbocycles. The van der Waals surface area contributed by atoms with Gasteiger partial charge in [-0.05, 0) is 38.8 Å². The Balaban J connectivity index is 2.17. The van der Waals surface area contributed by atoms with E-state index in [4.69, 9.17) is 5.11 Å². The first-order valence-electron chi connectivity index (χ1n) is 6.61. The van der Waals surface area contributed by atoms with E-state index in [1.807, 2.05) is 0 Å². The molecule has 3 heteroatoms. The minimum absolute atomic E-state index is 0.285. The summed E-state index contributed by atoms with van der Waals surface area (Å²) in [6.07, 6.45) is 3.06. The van der Waals surface area contributed by atoms with Crippen molar-refractivity contribution >= 4 is 5.97 Å². The highest BCUT2D eigenvalue weighted by atomic mass is 16.4. The number of hydrogen-bond acceptors (Lipinski definition) is 2. The number of carboxylic acids is 1. The molecule has 0 unspecified atom stereocenters. The standard InChI is InChI=1S/C15H23NO2/c1-12-7-6-8-14(11-12)13(2)16-10-5-3-4-9-15(17)18/h6-8,11,13,16H,3-5,9-10H2,1-2H3,(H,17,18)/t13-/m1/s1. The van der Waals surface area contributed by atoms with Crippen molar-refractivity contribution < 1.29 is 9.90 Å². The lowest BCUT2D eigenvalue weighted by molar-refractivity contribution is -0.137. The molecule has 1 atom stereocenters. The fourth-order valence-electron chi connectivity index (χ4n) is 1.95. The van der Waals surface area contributed by atoms with E-state index in [1.54, 1.807) is 0 Å². The lowest BCUT2D eigenvalue weighted by Gasteiger charge is -2.14. The number of hydrogen-bond donors (Lipinski definition) is 2. The summed E-state index contributed by atoms with van der Waals surface area (Å²) in [4.78, 5) is 10.3. The molecule has 0 aromatic heterocycles. The summed E-state index contributed by atoms with van der Waals surface area (Å²) in [7, 11) is 0. The zero-order valence-corrected chi connectivity index (χ0v) is 11.3. The van der Waals surface area contributed by atoms with E-state index in [0.717, 1.165) is 25.8 Å². The summed E-state index contributed by atoms with van der Waals surface area (Å²) in [5, 5.41) is 12.0. The maximum Gasteiger partial charge on any atom is 0.303 e. The topological polar surface area (TPSA) is 49.3 Å². The fourth-order valence-corrected chi connectivity index (χ4v) is 1.95. The second-order valence-electron chi connectivity index (χ2n) is 4.79. The van der Waals surface area contributed by atoms with E-state index in [9.17, 15) is 4.79 Å². The van der Waals surface area contributed by atoms with Crippen LogP contribution in [0.15, 0.2) is 24.3 Å². The Morgan fingerprint density at radius 3 is 2.78 bits per heavy atom. The maximum absolute atomic E-state index is 10.3. The van der Waals surface area contributed by atoms with Gasteiger partial charge in [0.2, 0.25) is 0 Å². The molecule has 2 N–H and O–H groups in total. The Labute approximate surface area is 109 Å². The van der Waals surface area contributed by atoms with Gasteiger partial charge in [-0.1, -0.05) is 36.2 Å². The van der Waals surface area contributed by atoms with E-state index in [2.05, 4.69) is 43.4 Å². The normalized spacial score (nSPS) is 12.3. The van der Waals surface area contributed by atoms with Gasteiger partial charge in [0.15, 0.2) is 0 Å². The molecule has 1 aromatic rings. The van der Waals surface area contributed by atoms with Gasteiger partial charge in [-0.2, -0.15) is 0 Å². The number of carboxylic acid groups (broad SMARTS) is 1. The minimum Gasteiger partial charge on any atom is -0.481 e. The van der Waals surface area contributed by atoms with Gasteiger partial charge in [0.25, 0.3) is 0 Å². The number of rotatable bonds is 8. The largest absolute Gasteiger partial charge is 0.481 e. The molecular weight excluding hydrogens is 226 g/mol. The molecular formula is C15H23NO2. The Hall–Kier alpha value is -1.35. The highest BCUT2D eigenvalue weighted by molar-refractivity contribution is 5.66. The van der Waals surface area contributed by atoms with E-state index in [0.29, 0.717) is 6.04 Å². The van der Waals surface area contributed by atoms with Crippen LogP contribution in [0.3, 0.4) is 0 Å². The first-order chi connectivity index (χ1) is 8.59. The number of aliphatic carboxylic acids is 1. The molecule has 0 aliphatic carbocycles. The predicted molar refractivity (Wildman–Crippen MR) is 73.7 cm³/mol. The molecule has 1 rings (SSSR count). The van der Waals surface area contributed by atoms with Crippen LogP contribution in [0.2, 0.25) is 0 Å². The van der Waals surface area contributed by atoms with Gasteiger partial charge in [-0.25, -0.2) is 0 Å². The van der Waals surface area contributed by atoms with E-state index >= 15 is 0 Å². The van der Waals surface area contributed by atoms with Crippen molar-refractivity contribution in [2.24, 2.45) is 0 Å². The summed E-state index contributed by atoms with van der Waals surface area (Å²) in [6.45, 7) is 5.20. The summed E-state index contributed by atoms with van der Waals surface area (Å²) in [5.41, 5.74) is 2.59. The Bertz CT molecular complexity index is 377. The van der Waals surface area contributed by atoms with Gasteiger partial charge in [-0.15, -0.1) is 0 Å². The van der Waals surface area contributed by atoms with Gasteiger partial charge in [-0.3, -0.25) is 4.79 Å². The summed E-state index contributed by atoms with van der Waals surface area (Å²) >= 11 is 0.